The van der Waals surface area contributed by atoms with E-state index in [1.54, 1.807) is 0 Å². The van der Waals surface area contributed by atoms with Gasteiger partial charge < -0.3 is 15.0 Å². The first-order valence-electron chi connectivity index (χ1n) is 8.62. The standard InChI is InChI=1S/C18H27N3O2.2ClH/c1-19-16-6-4-8-21(14-16)18(22)17-7-3-2-5-15(17)13-20-9-11-23-12-10-20;;/h2-3,5,7,16,19H,4,6,8-14H2,1H3;2*1H. The molecule has 0 aliphatic carbocycles. The summed E-state index contributed by atoms with van der Waals surface area (Å²) in [5.74, 6) is 0.175. The second-order valence-corrected chi connectivity index (χ2v) is 6.42. The Balaban J connectivity index is 0.00000156. The number of nitrogens with one attached hydrogen (secondary N) is 1. The van der Waals surface area contributed by atoms with Gasteiger partial charge in [-0.1, -0.05) is 18.2 Å². The Kier molecular flexibility index (Phi) is 9.75. The third-order valence-corrected chi connectivity index (χ3v) is 4.86. The maximum atomic E-state index is 13.0. The van der Waals surface area contributed by atoms with E-state index in [9.17, 15) is 4.79 Å². The molecule has 1 unspecified atom stereocenters. The summed E-state index contributed by atoms with van der Waals surface area (Å²) in [5, 5.41) is 3.30. The molecule has 0 saturated carbocycles. The molecule has 3 rings (SSSR count). The molecule has 142 valence electrons. The van der Waals surface area contributed by atoms with Crippen LogP contribution in [0.4, 0.5) is 0 Å². The molecule has 2 fully saturated rings. The number of rotatable bonds is 4. The van der Waals surface area contributed by atoms with Crippen molar-refractivity contribution in [3.63, 3.8) is 0 Å². The number of nitrogens with zero attached hydrogens (tertiary/aromatic N) is 2. The van der Waals surface area contributed by atoms with Gasteiger partial charge in [0, 0.05) is 44.3 Å². The second-order valence-electron chi connectivity index (χ2n) is 6.42. The maximum Gasteiger partial charge on any atom is 0.254 e. The summed E-state index contributed by atoms with van der Waals surface area (Å²) >= 11 is 0. The van der Waals surface area contributed by atoms with Crippen molar-refractivity contribution in [2.24, 2.45) is 0 Å². The second kappa shape index (κ2) is 11.0. The number of ether oxygens (including phenoxy) is 1. The molecule has 1 N–H and O–H groups in total. The molecule has 5 nitrogen and oxygen atoms in total. The largest absolute Gasteiger partial charge is 0.379 e. The van der Waals surface area contributed by atoms with Crippen molar-refractivity contribution < 1.29 is 9.53 Å². The van der Waals surface area contributed by atoms with E-state index in [1.807, 2.05) is 30.1 Å². The number of hydrogen-bond donors (Lipinski definition) is 1. The average molecular weight is 390 g/mol. The fourth-order valence-electron chi connectivity index (χ4n) is 3.43. The Morgan fingerprint density at radius 1 is 1.20 bits per heavy atom. The Labute approximate surface area is 162 Å². The van der Waals surface area contributed by atoms with E-state index in [0.29, 0.717) is 6.04 Å². The van der Waals surface area contributed by atoms with Crippen molar-refractivity contribution >= 4 is 30.7 Å². The molecule has 7 heteroatoms. The van der Waals surface area contributed by atoms with Crippen molar-refractivity contribution in [2.45, 2.75) is 25.4 Å². The Hall–Kier alpha value is -0.850. The number of carbonyl (C=O) groups is 1. The molecular weight excluding hydrogens is 361 g/mol. The lowest BCUT2D eigenvalue weighted by molar-refractivity contribution is 0.0339. The molecule has 2 saturated heterocycles. The lowest BCUT2D eigenvalue weighted by Gasteiger charge is -2.33. The molecule has 0 radical (unpaired) electrons. The van der Waals surface area contributed by atoms with Crippen LogP contribution in [0.5, 0.6) is 0 Å². The molecule has 1 amide bonds. The third-order valence-electron chi connectivity index (χ3n) is 4.86. The van der Waals surface area contributed by atoms with Gasteiger partial charge in [0.25, 0.3) is 5.91 Å². The summed E-state index contributed by atoms with van der Waals surface area (Å²) in [7, 11) is 1.98. The van der Waals surface area contributed by atoms with Gasteiger partial charge in [-0.2, -0.15) is 0 Å². The summed E-state index contributed by atoms with van der Waals surface area (Å²) in [5.41, 5.74) is 1.99. The van der Waals surface area contributed by atoms with Crippen LogP contribution in [-0.4, -0.2) is 68.2 Å². The Morgan fingerprint density at radius 2 is 1.92 bits per heavy atom. The number of morpholine rings is 1. The van der Waals surface area contributed by atoms with Gasteiger partial charge in [0.2, 0.25) is 0 Å². The molecule has 0 bridgehead atoms. The zero-order valence-electron chi connectivity index (χ0n) is 14.8. The minimum atomic E-state index is 0. The molecule has 2 aliphatic rings. The van der Waals surface area contributed by atoms with Crippen LogP contribution in [0.15, 0.2) is 24.3 Å². The number of halogens is 2. The summed E-state index contributed by atoms with van der Waals surface area (Å²) < 4.78 is 5.41. The van der Waals surface area contributed by atoms with Crippen LogP contribution in [0.25, 0.3) is 0 Å². The van der Waals surface area contributed by atoms with E-state index in [2.05, 4.69) is 16.3 Å². The SMILES string of the molecule is CNC1CCCN(C(=O)c2ccccc2CN2CCOCC2)C1.Cl.Cl. The van der Waals surface area contributed by atoms with Gasteiger partial charge in [-0.15, -0.1) is 24.8 Å². The van der Waals surface area contributed by atoms with Crippen LogP contribution in [0.2, 0.25) is 0 Å². The van der Waals surface area contributed by atoms with Gasteiger partial charge in [-0.05, 0) is 31.5 Å². The van der Waals surface area contributed by atoms with Gasteiger partial charge in [0.05, 0.1) is 13.2 Å². The number of benzene rings is 1. The van der Waals surface area contributed by atoms with Gasteiger partial charge in [0.15, 0.2) is 0 Å². The molecule has 0 aromatic heterocycles. The molecule has 25 heavy (non-hydrogen) atoms. The number of likely N-dealkylation sites (tertiary alicyclic amines) is 1. The van der Waals surface area contributed by atoms with Crippen molar-refractivity contribution in [3.05, 3.63) is 35.4 Å². The van der Waals surface area contributed by atoms with Crippen molar-refractivity contribution in [1.29, 1.82) is 0 Å². The monoisotopic (exact) mass is 389 g/mol. The molecule has 2 aliphatic heterocycles. The summed E-state index contributed by atoms with van der Waals surface area (Å²) in [4.78, 5) is 17.3. The number of piperidine rings is 1. The van der Waals surface area contributed by atoms with E-state index in [4.69, 9.17) is 4.74 Å². The van der Waals surface area contributed by atoms with Crippen molar-refractivity contribution in [3.8, 4) is 0 Å². The van der Waals surface area contributed by atoms with Crippen LogP contribution in [0, 0.1) is 0 Å². The van der Waals surface area contributed by atoms with Crippen molar-refractivity contribution in [2.75, 3.05) is 46.4 Å². The molecule has 1 aromatic rings. The average Bonchev–Trinajstić information content (AvgIpc) is 2.62. The van der Waals surface area contributed by atoms with E-state index in [0.717, 1.165) is 69.9 Å². The van der Waals surface area contributed by atoms with Gasteiger partial charge in [-0.25, -0.2) is 0 Å². The first kappa shape index (κ1) is 22.2. The summed E-state index contributed by atoms with van der Waals surface area (Å²) in [6.45, 7) is 5.94. The lowest BCUT2D eigenvalue weighted by Crippen LogP contribution is -2.47. The van der Waals surface area contributed by atoms with E-state index >= 15 is 0 Å². The lowest BCUT2D eigenvalue weighted by atomic mass is 10.0. The highest BCUT2D eigenvalue weighted by atomic mass is 35.5. The number of likely N-dealkylation sites (N-methyl/N-ethyl adjacent to an activating group) is 1. The normalized spacial score (nSPS) is 21.2. The number of carbonyl (C=O) groups excluding carboxylic acids is 1. The fourth-order valence-corrected chi connectivity index (χ4v) is 3.43. The van der Waals surface area contributed by atoms with E-state index in [-0.39, 0.29) is 30.7 Å². The minimum absolute atomic E-state index is 0. The van der Waals surface area contributed by atoms with Crippen LogP contribution in [-0.2, 0) is 11.3 Å². The predicted molar refractivity (Wildman–Crippen MR) is 105 cm³/mol. The van der Waals surface area contributed by atoms with Crippen LogP contribution >= 0.6 is 24.8 Å². The minimum Gasteiger partial charge on any atom is -0.379 e. The Bertz CT molecular complexity index is 539. The highest BCUT2D eigenvalue weighted by Crippen LogP contribution is 2.18. The molecule has 2 heterocycles. The molecule has 1 aromatic carbocycles. The summed E-state index contributed by atoms with van der Waals surface area (Å²) in [6.07, 6.45) is 2.22. The van der Waals surface area contributed by atoms with Gasteiger partial charge >= 0.3 is 0 Å². The third kappa shape index (κ3) is 5.83. The zero-order chi connectivity index (χ0) is 16.1. The van der Waals surface area contributed by atoms with Gasteiger partial charge in [0.1, 0.15) is 0 Å². The van der Waals surface area contributed by atoms with Crippen LogP contribution < -0.4 is 5.32 Å². The van der Waals surface area contributed by atoms with E-state index < -0.39 is 0 Å². The van der Waals surface area contributed by atoms with Crippen LogP contribution in [0.3, 0.4) is 0 Å². The van der Waals surface area contributed by atoms with E-state index in [1.165, 1.54) is 0 Å². The predicted octanol–water partition coefficient (Wildman–Crippen LogP) is 2.19. The number of hydrogen-bond acceptors (Lipinski definition) is 4. The topological polar surface area (TPSA) is 44.8 Å². The zero-order valence-corrected chi connectivity index (χ0v) is 16.4. The van der Waals surface area contributed by atoms with Gasteiger partial charge in [-0.3, -0.25) is 9.69 Å². The first-order chi connectivity index (χ1) is 11.3. The highest BCUT2D eigenvalue weighted by Gasteiger charge is 2.25. The molecule has 0 spiro atoms. The molecular formula is C18H29Cl2N3O2. The number of amides is 1. The Morgan fingerprint density at radius 3 is 2.64 bits per heavy atom. The quantitative estimate of drug-likeness (QED) is 0.856. The molecule has 1 atom stereocenters. The first-order valence-corrected chi connectivity index (χ1v) is 8.62. The fraction of sp³-hybridized carbons (Fsp3) is 0.611. The van der Waals surface area contributed by atoms with Crippen LogP contribution in [0.1, 0.15) is 28.8 Å². The summed E-state index contributed by atoms with van der Waals surface area (Å²) in [6, 6.07) is 8.47. The highest BCUT2D eigenvalue weighted by molar-refractivity contribution is 5.95. The van der Waals surface area contributed by atoms with Crippen molar-refractivity contribution in [1.82, 2.24) is 15.1 Å². The smallest absolute Gasteiger partial charge is 0.254 e. The maximum absolute atomic E-state index is 13.0.